The lowest BCUT2D eigenvalue weighted by atomic mass is 9.55. The average molecular weight is 476 g/mol. The van der Waals surface area contributed by atoms with Crippen LogP contribution in [0, 0.1) is 17.3 Å². The molecule has 3 fully saturated rings. The summed E-state index contributed by atoms with van der Waals surface area (Å²) in [5.41, 5.74) is -9.77. The van der Waals surface area contributed by atoms with E-state index in [1.54, 1.807) is 26.1 Å². The minimum absolute atomic E-state index is 0.0845. The van der Waals surface area contributed by atoms with E-state index >= 15 is 0 Å². The second-order valence-electron chi connectivity index (χ2n) is 11.1. The van der Waals surface area contributed by atoms with Gasteiger partial charge in [-0.1, -0.05) is 27.7 Å². The molecule has 186 valence electrons. The molecule has 2 saturated carbocycles. The lowest BCUT2D eigenvalue weighted by molar-refractivity contribution is -0.307. The molecule has 2 heterocycles. The molecule has 0 aromatic carbocycles. The van der Waals surface area contributed by atoms with E-state index in [2.05, 4.69) is 4.98 Å². The van der Waals surface area contributed by atoms with Gasteiger partial charge in [-0.15, -0.1) is 0 Å². The lowest BCUT2D eigenvalue weighted by Gasteiger charge is -2.59. The maximum Gasteiger partial charge on any atom is 0.355 e. The summed E-state index contributed by atoms with van der Waals surface area (Å²) < 4.78 is 11.7. The summed E-state index contributed by atoms with van der Waals surface area (Å²) in [5.74, 6) is -2.21. The molecule has 9 heteroatoms. The Labute approximate surface area is 197 Å². The number of rotatable bonds is 3. The molecular weight excluding hydrogens is 442 g/mol. The number of aromatic nitrogens is 1. The van der Waals surface area contributed by atoms with Crippen molar-refractivity contribution < 1.29 is 39.5 Å². The molecule has 1 aliphatic heterocycles. The molecular formula is C25H33NO8. The number of ether oxygens (including phenoxy) is 2. The zero-order valence-corrected chi connectivity index (χ0v) is 20.1. The molecule has 1 saturated heterocycles. The lowest BCUT2D eigenvalue weighted by Crippen LogP contribution is -2.77. The first-order valence-corrected chi connectivity index (χ1v) is 11.9. The third-order valence-electron chi connectivity index (χ3n) is 9.45. The number of hydrogen-bond acceptors (Lipinski definition) is 8. The van der Waals surface area contributed by atoms with E-state index in [1.165, 1.54) is 13.0 Å². The fraction of sp³-hybridized carbons (Fsp3) is 0.680. The Hall–Kier alpha value is -2.20. The van der Waals surface area contributed by atoms with Crippen LogP contribution in [-0.2, 0) is 14.3 Å². The first-order valence-electron chi connectivity index (χ1n) is 11.9. The van der Waals surface area contributed by atoms with E-state index in [9.17, 15) is 30.0 Å². The van der Waals surface area contributed by atoms with Crippen molar-refractivity contribution >= 4 is 11.9 Å². The summed E-state index contributed by atoms with van der Waals surface area (Å²) in [4.78, 5) is 28.8. The van der Waals surface area contributed by atoms with E-state index in [-0.39, 0.29) is 23.6 Å². The van der Waals surface area contributed by atoms with Gasteiger partial charge in [-0.25, -0.2) is 4.79 Å². The first kappa shape index (κ1) is 23.5. The highest BCUT2D eigenvalue weighted by Gasteiger charge is 2.96. The van der Waals surface area contributed by atoms with Crippen LogP contribution in [0.25, 0.3) is 0 Å². The zero-order chi connectivity index (χ0) is 25.1. The zero-order valence-electron chi connectivity index (χ0n) is 20.1. The molecule has 0 unspecified atom stereocenters. The molecule has 9 nitrogen and oxygen atoms in total. The minimum Gasteiger partial charge on any atom is -0.450 e. The Morgan fingerprint density at radius 3 is 2.56 bits per heavy atom. The van der Waals surface area contributed by atoms with E-state index in [0.717, 1.165) is 0 Å². The summed E-state index contributed by atoms with van der Waals surface area (Å²) >= 11 is 0. The normalized spacial score (nSPS) is 47.5. The molecule has 1 aromatic rings. The van der Waals surface area contributed by atoms with Crippen molar-refractivity contribution in [3.8, 4) is 0 Å². The van der Waals surface area contributed by atoms with Crippen molar-refractivity contribution in [2.24, 2.45) is 17.3 Å². The molecule has 5 N–H and O–H groups in total. The van der Waals surface area contributed by atoms with Crippen LogP contribution < -0.4 is 0 Å². The van der Waals surface area contributed by atoms with Gasteiger partial charge in [0.25, 0.3) is 0 Å². The van der Waals surface area contributed by atoms with Crippen molar-refractivity contribution in [3.05, 3.63) is 35.2 Å². The van der Waals surface area contributed by atoms with Crippen LogP contribution in [0.2, 0.25) is 0 Å². The Kier molecular flexibility index (Phi) is 4.65. The van der Waals surface area contributed by atoms with Gasteiger partial charge in [0, 0.05) is 11.6 Å². The molecule has 0 radical (unpaired) electrons. The third kappa shape index (κ3) is 2.13. The van der Waals surface area contributed by atoms with Crippen LogP contribution in [-0.4, -0.2) is 72.0 Å². The maximum atomic E-state index is 13.1. The van der Waals surface area contributed by atoms with Crippen molar-refractivity contribution in [1.29, 1.82) is 0 Å². The number of carbonyl (C=O) groups excluding carboxylic acids is 2. The Bertz CT molecular complexity index is 1100. The summed E-state index contributed by atoms with van der Waals surface area (Å²) in [6.07, 6.45) is -1.23. The predicted octanol–water partition coefficient (Wildman–Crippen LogP) is 1.22. The molecule has 0 spiro atoms. The molecule has 5 rings (SSSR count). The third-order valence-corrected chi connectivity index (χ3v) is 9.45. The van der Waals surface area contributed by atoms with Gasteiger partial charge in [0.15, 0.2) is 17.3 Å². The van der Waals surface area contributed by atoms with Crippen molar-refractivity contribution in [2.45, 2.75) is 88.5 Å². The van der Waals surface area contributed by atoms with Crippen molar-refractivity contribution in [2.75, 3.05) is 0 Å². The number of hydrogen-bond donors (Lipinski definition) is 5. The van der Waals surface area contributed by atoms with Gasteiger partial charge < -0.3 is 34.9 Å². The topological polar surface area (TPSA) is 149 Å². The molecule has 4 aliphatic rings. The van der Waals surface area contributed by atoms with E-state index in [4.69, 9.17) is 9.47 Å². The largest absolute Gasteiger partial charge is 0.450 e. The first-order chi connectivity index (χ1) is 15.7. The maximum absolute atomic E-state index is 13.1. The smallest absolute Gasteiger partial charge is 0.355 e. The Balaban J connectivity index is 1.81. The second-order valence-corrected chi connectivity index (χ2v) is 11.1. The fourth-order valence-electron chi connectivity index (χ4n) is 7.81. The summed E-state index contributed by atoms with van der Waals surface area (Å²) in [7, 11) is 0. The van der Waals surface area contributed by atoms with Crippen LogP contribution in [0.15, 0.2) is 29.5 Å². The summed E-state index contributed by atoms with van der Waals surface area (Å²) in [6.45, 7) is 8.54. The summed E-state index contributed by atoms with van der Waals surface area (Å²) in [6, 6.07) is 3.16. The number of carbonyl (C=O) groups is 2. The number of aliphatic hydroxyl groups excluding tert-OH is 1. The van der Waals surface area contributed by atoms with E-state index in [0.29, 0.717) is 12.0 Å². The predicted molar refractivity (Wildman–Crippen MR) is 118 cm³/mol. The van der Waals surface area contributed by atoms with Gasteiger partial charge in [0.1, 0.15) is 17.4 Å². The van der Waals surface area contributed by atoms with Crippen LogP contribution in [0.5, 0.6) is 0 Å². The van der Waals surface area contributed by atoms with Crippen LogP contribution in [0.1, 0.15) is 64.4 Å². The highest BCUT2D eigenvalue weighted by atomic mass is 16.6. The molecule has 34 heavy (non-hydrogen) atoms. The Morgan fingerprint density at radius 1 is 1.29 bits per heavy atom. The molecule has 8 atom stereocenters. The average Bonchev–Trinajstić information content (AvgIpc) is 3.36. The van der Waals surface area contributed by atoms with Gasteiger partial charge in [-0.2, -0.15) is 0 Å². The number of H-pyrrole nitrogens is 1. The standard InChI is InChI=1S/C25H33NO8/c1-12(2)17-14(4)23(31)24(32,19(17)33-20(29)15-7-6-10-26-15)21(5)11-16(27)34-25(23)18(28)13(3)8-9-22(21,25)30/h6-7,10,12-13,18-19,26,28,30-32H,8-9,11H2,1-5H3/t13-,18+,19+,21-,22-,23+,24+,25+/m0/s1. The van der Waals surface area contributed by atoms with Gasteiger partial charge in [0.2, 0.25) is 5.60 Å². The summed E-state index contributed by atoms with van der Waals surface area (Å²) in [5, 5.41) is 49.0. The quantitative estimate of drug-likeness (QED) is 0.324. The number of esters is 2. The van der Waals surface area contributed by atoms with Gasteiger partial charge >= 0.3 is 11.9 Å². The number of nitrogens with one attached hydrogen (secondary N) is 1. The highest BCUT2D eigenvalue weighted by Crippen LogP contribution is 2.77. The van der Waals surface area contributed by atoms with E-state index in [1.807, 2.05) is 13.8 Å². The SMILES string of the molecule is CC1=C(C(C)C)[C@@H](OC(=O)c2ccc[nH]2)[C@@]2(O)[C@@]3(C)CC(=O)O[C@@]4([C@H](O)[C@@H](C)CC[C@]34O)[C@@]12O. The minimum atomic E-state index is -2.40. The van der Waals surface area contributed by atoms with Gasteiger partial charge in [-0.3, -0.25) is 4.79 Å². The Morgan fingerprint density at radius 2 is 1.97 bits per heavy atom. The fourth-order valence-corrected chi connectivity index (χ4v) is 7.81. The molecule has 0 amide bonds. The molecule has 3 aliphatic carbocycles. The number of fused-ring (bicyclic) bond motifs is 2. The molecule has 2 bridgehead atoms. The highest BCUT2D eigenvalue weighted by molar-refractivity contribution is 5.88. The van der Waals surface area contributed by atoms with Crippen LogP contribution in [0.3, 0.4) is 0 Å². The van der Waals surface area contributed by atoms with Crippen LogP contribution in [0.4, 0.5) is 0 Å². The van der Waals surface area contributed by atoms with Crippen LogP contribution >= 0.6 is 0 Å². The molecule has 1 aromatic heterocycles. The van der Waals surface area contributed by atoms with Gasteiger partial charge in [-0.05, 0) is 54.9 Å². The van der Waals surface area contributed by atoms with Crippen molar-refractivity contribution in [1.82, 2.24) is 4.98 Å². The number of aliphatic hydroxyl groups is 4. The number of aromatic amines is 1. The second kappa shape index (κ2) is 6.72. The monoisotopic (exact) mass is 475 g/mol. The van der Waals surface area contributed by atoms with Gasteiger partial charge in [0.05, 0.1) is 6.42 Å². The van der Waals surface area contributed by atoms with E-state index < -0.39 is 64.3 Å². The van der Waals surface area contributed by atoms with Crippen molar-refractivity contribution in [3.63, 3.8) is 0 Å².